The van der Waals surface area contributed by atoms with Crippen LogP contribution in [0.5, 0.6) is 0 Å². The molecule has 0 radical (unpaired) electrons. The molecule has 2 N–H and O–H groups in total. The number of benzene rings is 2. The van der Waals surface area contributed by atoms with E-state index in [-0.39, 0.29) is 11.5 Å². The average Bonchev–Trinajstić information content (AvgIpc) is 2.80. The molecule has 8 heteroatoms. The molecule has 0 aromatic heterocycles. The number of alkyl halides is 3. The molecule has 2 saturated heterocycles. The van der Waals surface area contributed by atoms with E-state index in [1.54, 1.807) is 19.9 Å². The van der Waals surface area contributed by atoms with Crippen LogP contribution in [0.4, 0.5) is 13.2 Å². The number of piperidine rings is 1. The lowest BCUT2D eigenvalue weighted by Crippen LogP contribution is -2.64. The monoisotopic (exact) mass is 462 g/mol. The van der Waals surface area contributed by atoms with Crippen LogP contribution in [0, 0.1) is 6.92 Å². The summed E-state index contributed by atoms with van der Waals surface area (Å²) in [5, 5.41) is 3.62. The van der Waals surface area contributed by atoms with Crippen molar-refractivity contribution in [3.05, 3.63) is 70.8 Å². The molecular formula is C25H29F3N2O3. The van der Waals surface area contributed by atoms with Crippen molar-refractivity contribution in [1.82, 2.24) is 10.8 Å². The first-order valence-electron chi connectivity index (χ1n) is 11.2. The molecule has 0 amide bonds. The van der Waals surface area contributed by atoms with Crippen LogP contribution >= 0.6 is 0 Å². The first-order valence-corrected chi connectivity index (χ1v) is 11.2. The fourth-order valence-electron chi connectivity index (χ4n) is 4.66. The highest BCUT2D eigenvalue weighted by Crippen LogP contribution is 2.39. The van der Waals surface area contributed by atoms with Gasteiger partial charge in [0.05, 0.1) is 29.4 Å². The number of hydrogen-bond acceptors (Lipinski definition) is 5. The summed E-state index contributed by atoms with van der Waals surface area (Å²) >= 11 is 0. The number of ether oxygens (including phenoxy) is 1. The van der Waals surface area contributed by atoms with Crippen LogP contribution in [0.3, 0.4) is 0 Å². The topological polar surface area (TPSA) is 59.6 Å². The van der Waals surface area contributed by atoms with Crippen LogP contribution in [-0.2, 0) is 26.1 Å². The van der Waals surface area contributed by atoms with Crippen LogP contribution in [-0.4, -0.2) is 24.7 Å². The lowest BCUT2D eigenvalue weighted by atomic mass is 9.75. The third-order valence-corrected chi connectivity index (χ3v) is 6.79. The van der Waals surface area contributed by atoms with Gasteiger partial charge in [0.1, 0.15) is 0 Å². The van der Waals surface area contributed by atoms with Crippen molar-refractivity contribution in [3.8, 4) is 0 Å². The lowest BCUT2D eigenvalue weighted by Gasteiger charge is -2.48. The van der Waals surface area contributed by atoms with Gasteiger partial charge in [0, 0.05) is 13.0 Å². The maximum atomic E-state index is 13.3. The van der Waals surface area contributed by atoms with Crippen molar-refractivity contribution < 1.29 is 27.5 Å². The Morgan fingerprint density at radius 2 is 1.88 bits per heavy atom. The van der Waals surface area contributed by atoms with E-state index >= 15 is 0 Å². The zero-order valence-electron chi connectivity index (χ0n) is 18.8. The Bertz CT molecular complexity index is 974. The quantitative estimate of drug-likeness (QED) is 0.659. The van der Waals surface area contributed by atoms with E-state index in [1.807, 2.05) is 30.3 Å². The number of nitrogens with one attached hydrogen (secondary N) is 2. The number of carbonyl (C=O) groups is 1. The molecule has 33 heavy (non-hydrogen) atoms. The summed E-state index contributed by atoms with van der Waals surface area (Å²) in [6, 6.07) is 14.0. The van der Waals surface area contributed by atoms with Crippen LogP contribution in [0.1, 0.15) is 61.0 Å². The zero-order valence-corrected chi connectivity index (χ0v) is 18.8. The van der Waals surface area contributed by atoms with Gasteiger partial charge in [0.2, 0.25) is 0 Å². The summed E-state index contributed by atoms with van der Waals surface area (Å²) in [4.78, 5) is 16.6. The minimum atomic E-state index is -4.40. The second kappa shape index (κ2) is 9.08. The molecule has 2 aromatic rings. The SMILES string of the molecule is Cc1cc([C@@H](C)OC[C@@]2(c3ccccc3)CCC3(CCC(=O)ON3)CN2)cc(C(F)(F)F)c1. The summed E-state index contributed by atoms with van der Waals surface area (Å²) in [7, 11) is 0. The van der Waals surface area contributed by atoms with Gasteiger partial charge < -0.3 is 14.9 Å². The van der Waals surface area contributed by atoms with Gasteiger partial charge >= 0.3 is 12.1 Å². The van der Waals surface area contributed by atoms with E-state index in [9.17, 15) is 18.0 Å². The van der Waals surface area contributed by atoms with Gasteiger partial charge in [-0.05, 0) is 56.4 Å². The van der Waals surface area contributed by atoms with Crippen LogP contribution in [0.15, 0.2) is 48.5 Å². The van der Waals surface area contributed by atoms with E-state index < -0.39 is 23.4 Å². The lowest BCUT2D eigenvalue weighted by molar-refractivity contribution is -0.167. The predicted molar refractivity (Wildman–Crippen MR) is 117 cm³/mol. The maximum absolute atomic E-state index is 13.3. The first-order chi connectivity index (χ1) is 15.6. The molecule has 0 saturated carbocycles. The molecule has 1 unspecified atom stereocenters. The Balaban J connectivity index is 1.52. The van der Waals surface area contributed by atoms with Crippen molar-refractivity contribution in [2.75, 3.05) is 13.2 Å². The number of hydrogen-bond donors (Lipinski definition) is 2. The molecule has 4 rings (SSSR count). The third-order valence-electron chi connectivity index (χ3n) is 6.79. The second-order valence-electron chi connectivity index (χ2n) is 9.24. The van der Waals surface area contributed by atoms with E-state index in [2.05, 4.69) is 10.8 Å². The maximum Gasteiger partial charge on any atom is 0.416 e. The number of rotatable bonds is 5. The molecule has 2 fully saturated rings. The smallest absolute Gasteiger partial charge is 0.372 e. The predicted octanol–water partition coefficient (Wildman–Crippen LogP) is 4.95. The van der Waals surface area contributed by atoms with Gasteiger partial charge in [0.25, 0.3) is 0 Å². The minimum absolute atomic E-state index is 0.256. The molecular weight excluding hydrogens is 433 g/mol. The van der Waals surface area contributed by atoms with Gasteiger partial charge in [0.15, 0.2) is 0 Å². The third kappa shape index (κ3) is 5.23. The molecule has 5 nitrogen and oxygen atoms in total. The normalized spacial score (nSPS) is 26.8. The first kappa shape index (κ1) is 23.7. The van der Waals surface area contributed by atoms with E-state index in [0.717, 1.165) is 30.5 Å². The molecule has 0 aliphatic carbocycles. The standard InChI is InChI=1S/C25H29F3N2O3/c1-17-12-19(14-21(13-17)25(26,27)28)18(2)32-16-24(20-6-4-3-5-7-20)11-10-23(15-29-24)9-8-22(31)33-30-23/h3-7,12-14,18,29-30H,8-11,15-16H2,1-2H3/t18-,23?,24-/m1/s1. The highest BCUT2D eigenvalue weighted by Gasteiger charge is 2.46. The molecule has 0 bridgehead atoms. The Hall–Kier alpha value is -2.42. The molecule has 3 atom stereocenters. The van der Waals surface area contributed by atoms with Gasteiger partial charge in [-0.15, -0.1) is 5.48 Å². The van der Waals surface area contributed by atoms with E-state index in [1.165, 1.54) is 0 Å². The van der Waals surface area contributed by atoms with Crippen LogP contribution < -0.4 is 10.8 Å². The van der Waals surface area contributed by atoms with Gasteiger partial charge in [-0.1, -0.05) is 42.0 Å². The largest absolute Gasteiger partial charge is 0.416 e. The number of halogens is 3. The van der Waals surface area contributed by atoms with Gasteiger partial charge in [-0.2, -0.15) is 13.2 Å². The molecule has 2 aliphatic rings. The van der Waals surface area contributed by atoms with Gasteiger partial charge in [-0.3, -0.25) is 4.79 Å². The number of hydroxylamine groups is 1. The highest BCUT2D eigenvalue weighted by atomic mass is 19.4. The fraction of sp³-hybridized carbons (Fsp3) is 0.480. The van der Waals surface area contributed by atoms with Crippen molar-refractivity contribution in [2.45, 2.75) is 62.9 Å². The second-order valence-corrected chi connectivity index (χ2v) is 9.24. The van der Waals surface area contributed by atoms with Crippen molar-refractivity contribution >= 4 is 5.97 Å². The van der Waals surface area contributed by atoms with Crippen molar-refractivity contribution in [3.63, 3.8) is 0 Å². The average molecular weight is 463 g/mol. The highest BCUT2D eigenvalue weighted by molar-refractivity contribution is 5.70. The summed E-state index contributed by atoms with van der Waals surface area (Å²) in [6.07, 6.45) is -2.38. The zero-order chi connectivity index (χ0) is 23.7. The summed E-state index contributed by atoms with van der Waals surface area (Å²) < 4.78 is 46.0. The van der Waals surface area contributed by atoms with Crippen LogP contribution in [0.25, 0.3) is 0 Å². The molecule has 2 aromatic carbocycles. The Morgan fingerprint density at radius 1 is 1.12 bits per heavy atom. The molecule has 178 valence electrons. The molecule has 2 heterocycles. The molecule has 2 aliphatic heterocycles. The van der Waals surface area contributed by atoms with Crippen molar-refractivity contribution in [1.29, 1.82) is 0 Å². The summed E-state index contributed by atoms with van der Waals surface area (Å²) in [5.41, 5.74) is 3.54. The van der Waals surface area contributed by atoms with E-state index in [0.29, 0.717) is 37.1 Å². The van der Waals surface area contributed by atoms with Crippen molar-refractivity contribution in [2.24, 2.45) is 0 Å². The Morgan fingerprint density at radius 3 is 2.48 bits per heavy atom. The van der Waals surface area contributed by atoms with Gasteiger partial charge in [-0.25, -0.2) is 0 Å². The number of carbonyl (C=O) groups excluding carboxylic acids is 1. The van der Waals surface area contributed by atoms with Crippen LogP contribution in [0.2, 0.25) is 0 Å². The Labute approximate surface area is 191 Å². The number of aryl methyl sites for hydroxylation is 1. The summed E-state index contributed by atoms with van der Waals surface area (Å²) in [6.45, 7) is 4.31. The fourth-order valence-corrected chi connectivity index (χ4v) is 4.66. The summed E-state index contributed by atoms with van der Waals surface area (Å²) in [5.74, 6) is -0.256. The minimum Gasteiger partial charge on any atom is -0.372 e. The Kier molecular flexibility index (Phi) is 6.53. The molecule has 1 spiro atoms. The van der Waals surface area contributed by atoms with E-state index in [4.69, 9.17) is 9.57 Å².